The molecule has 98 valence electrons. The van der Waals surface area contributed by atoms with Crippen molar-refractivity contribution >= 4 is 11.9 Å². The van der Waals surface area contributed by atoms with Crippen LogP contribution in [-0.4, -0.2) is 22.5 Å². The van der Waals surface area contributed by atoms with Gasteiger partial charge in [0.05, 0.1) is 5.56 Å². The Morgan fingerprint density at radius 1 is 1.16 bits per heavy atom. The minimum Gasteiger partial charge on any atom is -0.449 e. The smallest absolute Gasteiger partial charge is 0.338 e. The SMILES string of the molecule is C[C@H](OC(=O)c1ccc(-n2cccc2)cc1)C(N)=O. The number of nitrogens with two attached hydrogens (primary N) is 1. The first-order chi connectivity index (χ1) is 9.08. The van der Waals surface area contributed by atoms with Crippen LogP contribution in [0.2, 0.25) is 0 Å². The van der Waals surface area contributed by atoms with Crippen molar-refractivity contribution in [3.63, 3.8) is 0 Å². The minimum atomic E-state index is -0.934. The Kier molecular flexibility index (Phi) is 3.66. The van der Waals surface area contributed by atoms with E-state index in [2.05, 4.69) is 0 Å². The van der Waals surface area contributed by atoms with E-state index in [9.17, 15) is 9.59 Å². The minimum absolute atomic E-state index is 0.379. The lowest BCUT2D eigenvalue weighted by Crippen LogP contribution is -2.30. The zero-order valence-electron chi connectivity index (χ0n) is 10.4. The first-order valence-corrected chi connectivity index (χ1v) is 5.81. The molecule has 2 rings (SSSR count). The third-order valence-electron chi connectivity index (χ3n) is 2.69. The van der Waals surface area contributed by atoms with E-state index in [1.807, 2.05) is 29.1 Å². The Morgan fingerprint density at radius 2 is 1.74 bits per heavy atom. The van der Waals surface area contributed by atoms with E-state index in [-0.39, 0.29) is 0 Å². The van der Waals surface area contributed by atoms with E-state index < -0.39 is 18.0 Å². The van der Waals surface area contributed by atoms with E-state index in [1.165, 1.54) is 6.92 Å². The molecule has 1 atom stereocenters. The normalized spacial score (nSPS) is 11.8. The molecule has 5 heteroatoms. The lowest BCUT2D eigenvalue weighted by atomic mass is 10.2. The van der Waals surface area contributed by atoms with Crippen molar-refractivity contribution in [2.75, 3.05) is 0 Å². The third kappa shape index (κ3) is 3.01. The molecule has 0 spiro atoms. The molecule has 0 bridgehead atoms. The van der Waals surface area contributed by atoms with Gasteiger partial charge in [-0.15, -0.1) is 0 Å². The van der Waals surface area contributed by atoms with E-state index in [1.54, 1.807) is 24.3 Å². The molecule has 0 fully saturated rings. The first-order valence-electron chi connectivity index (χ1n) is 5.81. The summed E-state index contributed by atoms with van der Waals surface area (Å²) in [6.07, 6.45) is 2.88. The van der Waals surface area contributed by atoms with Gasteiger partial charge >= 0.3 is 5.97 Å². The number of nitrogens with zero attached hydrogens (tertiary/aromatic N) is 1. The Morgan fingerprint density at radius 3 is 2.26 bits per heavy atom. The maximum atomic E-state index is 11.7. The summed E-state index contributed by atoms with van der Waals surface area (Å²) >= 11 is 0. The molecule has 1 aromatic heterocycles. The fourth-order valence-electron chi connectivity index (χ4n) is 1.56. The molecule has 1 amide bonds. The number of esters is 1. The number of hydrogen-bond acceptors (Lipinski definition) is 3. The summed E-state index contributed by atoms with van der Waals surface area (Å²) in [5.74, 6) is -1.23. The fourth-order valence-corrected chi connectivity index (χ4v) is 1.56. The molecule has 0 saturated heterocycles. The van der Waals surface area contributed by atoms with Crippen molar-refractivity contribution in [1.29, 1.82) is 0 Å². The maximum Gasteiger partial charge on any atom is 0.338 e. The number of carbonyl (C=O) groups excluding carboxylic acids is 2. The number of aromatic nitrogens is 1. The molecule has 0 aliphatic rings. The van der Waals surface area contributed by atoms with Crippen LogP contribution in [0.4, 0.5) is 0 Å². The summed E-state index contributed by atoms with van der Waals surface area (Å²) in [6, 6.07) is 10.7. The highest BCUT2D eigenvalue weighted by Crippen LogP contribution is 2.11. The van der Waals surface area contributed by atoms with Crippen LogP contribution in [-0.2, 0) is 9.53 Å². The van der Waals surface area contributed by atoms with Crippen LogP contribution in [0.1, 0.15) is 17.3 Å². The molecule has 0 aliphatic carbocycles. The summed E-state index contributed by atoms with van der Waals surface area (Å²) in [5.41, 5.74) is 6.34. The standard InChI is InChI=1S/C14H14N2O3/c1-10(13(15)17)19-14(18)11-4-6-12(7-5-11)16-8-2-3-9-16/h2-10H,1H3,(H2,15,17)/t10-/m0/s1. The van der Waals surface area contributed by atoms with E-state index in [4.69, 9.17) is 10.5 Å². The largest absolute Gasteiger partial charge is 0.449 e. The van der Waals surface area contributed by atoms with Crippen molar-refractivity contribution in [1.82, 2.24) is 4.57 Å². The molecule has 0 saturated carbocycles. The van der Waals surface area contributed by atoms with Gasteiger partial charge in [-0.05, 0) is 43.3 Å². The van der Waals surface area contributed by atoms with Gasteiger partial charge in [0.1, 0.15) is 0 Å². The highest BCUT2D eigenvalue weighted by atomic mass is 16.5. The summed E-state index contributed by atoms with van der Waals surface area (Å²) < 4.78 is 6.83. The third-order valence-corrected chi connectivity index (χ3v) is 2.69. The Labute approximate surface area is 110 Å². The maximum absolute atomic E-state index is 11.7. The van der Waals surface area contributed by atoms with Crippen LogP contribution in [0, 0.1) is 0 Å². The number of benzene rings is 1. The number of ether oxygens (including phenoxy) is 1. The van der Waals surface area contributed by atoms with Crippen molar-refractivity contribution in [3.05, 3.63) is 54.4 Å². The molecule has 0 radical (unpaired) electrons. The predicted octanol–water partition coefficient (Wildman–Crippen LogP) is 1.51. The van der Waals surface area contributed by atoms with Gasteiger partial charge in [0.15, 0.2) is 6.10 Å². The van der Waals surface area contributed by atoms with E-state index in [0.717, 1.165) is 5.69 Å². The van der Waals surface area contributed by atoms with Gasteiger partial charge in [0, 0.05) is 18.1 Å². The molecular weight excluding hydrogens is 244 g/mol. The average Bonchev–Trinajstić information content (AvgIpc) is 2.92. The molecule has 1 heterocycles. The monoisotopic (exact) mass is 258 g/mol. The second-order valence-corrected chi connectivity index (χ2v) is 4.09. The van der Waals surface area contributed by atoms with Gasteiger partial charge in [0.2, 0.25) is 0 Å². The second-order valence-electron chi connectivity index (χ2n) is 4.09. The topological polar surface area (TPSA) is 74.3 Å². The van der Waals surface area contributed by atoms with Crippen LogP contribution in [0.25, 0.3) is 5.69 Å². The van der Waals surface area contributed by atoms with Gasteiger partial charge < -0.3 is 15.0 Å². The highest BCUT2D eigenvalue weighted by molar-refractivity contribution is 5.92. The summed E-state index contributed by atoms with van der Waals surface area (Å²) in [4.78, 5) is 22.5. The lowest BCUT2D eigenvalue weighted by molar-refractivity contribution is -0.125. The summed E-state index contributed by atoms with van der Waals surface area (Å²) in [6.45, 7) is 1.44. The summed E-state index contributed by atoms with van der Waals surface area (Å²) in [5, 5.41) is 0. The van der Waals surface area contributed by atoms with Crippen LogP contribution in [0.15, 0.2) is 48.8 Å². The van der Waals surface area contributed by atoms with Crippen molar-refractivity contribution < 1.29 is 14.3 Å². The van der Waals surface area contributed by atoms with Crippen LogP contribution in [0.3, 0.4) is 0 Å². The number of carbonyl (C=O) groups is 2. The van der Waals surface area contributed by atoms with Crippen LogP contribution >= 0.6 is 0 Å². The second kappa shape index (κ2) is 5.39. The van der Waals surface area contributed by atoms with Crippen LogP contribution < -0.4 is 5.73 Å². The van der Waals surface area contributed by atoms with Gasteiger partial charge in [-0.1, -0.05) is 0 Å². The number of rotatable bonds is 4. The molecular formula is C14H14N2O3. The van der Waals surface area contributed by atoms with E-state index in [0.29, 0.717) is 5.56 Å². The zero-order valence-corrected chi connectivity index (χ0v) is 10.4. The average molecular weight is 258 g/mol. The Bertz CT molecular complexity index is 573. The van der Waals surface area contributed by atoms with Gasteiger partial charge in [0.25, 0.3) is 5.91 Å². The quantitative estimate of drug-likeness (QED) is 0.845. The lowest BCUT2D eigenvalue weighted by Gasteiger charge is -2.10. The van der Waals surface area contributed by atoms with Crippen molar-refractivity contribution in [2.24, 2.45) is 5.73 Å². The molecule has 2 aromatic rings. The Balaban J connectivity index is 2.10. The summed E-state index contributed by atoms with van der Waals surface area (Å²) in [7, 11) is 0. The fraction of sp³-hybridized carbons (Fsp3) is 0.143. The zero-order chi connectivity index (χ0) is 13.8. The predicted molar refractivity (Wildman–Crippen MR) is 69.8 cm³/mol. The van der Waals surface area contributed by atoms with Crippen LogP contribution in [0.5, 0.6) is 0 Å². The Hall–Kier alpha value is -2.56. The van der Waals surface area contributed by atoms with E-state index >= 15 is 0 Å². The molecule has 0 unspecified atom stereocenters. The van der Waals surface area contributed by atoms with Gasteiger partial charge in [-0.25, -0.2) is 4.79 Å². The number of primary amides is 1. The highest BCUT2D eigenvalue weighted by Gasteiger charge is 2.15. The molecule has 19 heavy (non-hydrogen) atoms. The molecule has 2 N–H and O–H groups in total. The van der Waals surface area contributed by atoms with Gasteiger partial charge in [-0.3, -0.25) is 4.79 Å². The molecule has 5 nitrogen and oxygen atoms in total. The number of amides is 1. The molecule has 0 aliphatic heterocycles. The number of hydrogen-bond donors (Lipinski definition) is 1. The molecule has 1 aromatic carbocycles. The van der Waals surface area contributed by atoms with Crippen molar-refractivity contribution in [2.45, 2.75) is 13.0 Å². The van der Waals surface area contributed by atoms with Gasteiger partial charge in [-0.2, -0.15) is 0 Å². The van der Waals surface area contributed by atoms with Crippen molar-refractivity contribution in [3.8, 4) is 5.69 Å². The first kappa shape index (κ1) is 12.9.